The van der Waals surface area contributed by atoms with Crippen molar-refractivity contribution in [3.8, 4) is 0 Å². The van der Waals surface area contributed by atoms with Gasteiger partial charge in [-0.1, -0.05) is 60.2 Å². The normalized spacial score (nSPS) is 18.1. The second-order valence-electron chi connectivity index (χ2n) is 9.83. The lowest BCUT2D eigenvalue weighted by atomic mass is 9.85. The third-order valence-electron chi connectivity index (χ3n) is 7.04. The number of carbonyl (C=O) groups is 1. The molecule has 1 fully saturated rings. The van der Waals surface area contributed by atoms with Crippen molar-refractivity contribution in [2.45, 2.75) is 56.6 Å². The van der Waals surface area contributed by atoms with Gasteiger partial charge in [0.1, 0.15) is 11.6 Å². The highest BCUT2D eigenvalue weighted by Gasteiger charge is 2.32. The summed E-state index contributed by atoms with van der Waals surface area (Å²) in [5, 5.41) is 0. The van der Waals surface area contributed by atoms with E-state index in [1.165, 1.54) is 4.31 Å². The number of halogens is 2. The van der Waals surface area contributed by atoms with Crippen LogP contribution in [0, 0.1) is 24.5 Å². The largest absolute Gasteiger partial charge is 0.338 e. The molecule has 3 aromatic carbocycles. The maximum Gasteiger partial charge on any atom is 0.243 e. The molecule has 37 heavy (non-hydrogen) atoms. The molecule has 0 saturated heterocycles. The van der Waals surface area contributed by atoms with Crippen molar-refractivity contribution in [1.82, 2.24) is 9.21 Å². The van der Waals surface area contributed by atoms with Gasteiger partial charge < -0.3 is 4.90 Å². The summed E-state index contributed by atoms with van der Waals surface area (Å²) in [6, 6.07) is 19.8. The van der Waals surface area contributed by atoms with Gasteiger partial charge in [-0.3, -0.25) is 4.79 Å². The van der Waals surface area contributed by atoms with Crippen LogP contribution >= 0.6 is 0 Å². The van der Waals surface area contributed by atoms with Crippen molar-refractivity contribution in [3.63, 3.8) is 0 Å². The molecule has 196 valence electrons. The summed E-state index contributed by atoms with van der Waals surface area (Å²) < 4.78 is 56.1. The summed E-state index contributed by atoms with van der Waals surface area (Å²) in [6.07, 6.45) is 3.93. The van der Waals surface area contributed by atoms with E-state index in [1.54, 1.807) is 0 Å². The second-order valence-corrected chi connectivity index (χ2v) is 11.8. The van der Waals surface area contributed by atoms with Crippen LogP contribution in [0.5, 0.6) is 0 Å². The molecule has 0 spiro atoms. The molecule has 3 aromatic rings. The highest BCUT2D eigenvalue weighted by Crippen LogP contribution is 2.31. The molecule has 0 N–H and O–H groups in total. The monoisotopic (exact) mass is 526 g/mol. The molecule has 0 atom stereocenters. The van der Waals surface area contributed by atoms with Crippen LogP contribution in [0.2, 0.25) is 0 Å². The zero-order valence-electron chi connectivity index (χ0n) is 20.9. The van der Waals surface area contributed by atoms with Crippen molar-refractivity contribution >= 4 is 16.4 Å². The van der Waals surface area contributed by atoms with E-state index in [2.05, 4.69) is 0 Å². The molecule has 0 aromatic heterocycles. The van der Waals surface area contributed by atoms with E-state index >= 15 is 0 Å². The predicted octanol–water partition coefficient (Wildman–Crippen LogP) is 5.68. The van der Waals surface area contributed by atoms with Crippen molar-refractivity contribution in [1.29, 1.82) is 0 Å². The predicted molar refractivity (Wildman–Crippen MR) is 139 cm³/mol. The van der Waals surface area contributed by atoms with Gasteiger partial charge >= 0.3 is 0 Å². The van der Waals surface area contributed by atoms with Crippen molar-refractivity contribution in [2.24, 2.45) is 5.92 Å². The molecule has 1 amide bonds. The van der Waals surface area contributed by atoms with E-state index in [9.17, 15) is 22.0 Å². The molecule has 4 rings (SSSR count). The van der Waals surface area contributed by atoms with Crippen LogP contribution in [-0.2, 0) is 27.9 Å². The van der Waals surface area contributed by atoms with Crippen LogP contribution in [-0.4, -0.2) is 36.6 Å². The van der Waals surface area contributed by atoms with Gasteiger partial charge in [-0.2, -0.15) is 4.31 Å². The van der Waals surface area contributed by atoms with Gasteiger partial charge in [-0.15, -0.1) is 0 Å². The molecule has 0 bridgehead atoms. The number of nitrogens with zero attached hydrogens (tertiary/aromatic N) is 2. The third-order valence-corrected chi connectivity index (χ3v) is 8.83. The topological polar surface area (TPSA) is 57.7 Å². The Balaban J connectivity index is 1.46. The summed E-state index contributed by atoms with van der Waals surface area (Å²) in [6.45, 7) is 2.91. The first-order valence-corrected chi connectivity index (χ1v) is 14.0. The van der Waals surface area contributed by atoms with E-state index in [0.29, 0.717) is 12.6 Å². The van der Waals surface area contributed by atoms with E-state index < -0.39 is 21.7 Å². The van der Waals surface area contributed by atoms with Gasteiger partial charge in [0.2, 0.25) is 16.4 Å². The van der Waals surface area contributed by atoms with Crippen molar-refractivity contribution in [2.75, 3.05) is 6.54 Å². The van der Waals surface area contributed by atoms with Crippen molar-refractivity contribution < 1.29 is 22.0 Å². The van der Waals surface area contributed by atoms with Crippen molar-refractivity contribution in [3.05, 3.63) is 101 Å². The second kappa shape index (κ2) is 12.0. The number of hydrogen-bond acceptors (Lipinski definition) is 3. The van der Waals surface area contributed by atoms with E-state index in [-0.39, 0.29) is 29.9 Å². The number of benzene rings is 3. The Morgan fingerprint density at radius 2 is 1.43 bits per heavy atom. The summed E-state index contributed by atoms with van der Waals surface area (Å²) in [7, 11) is -4.14. The lowest BCUT2D eigenvalue weighted by Crippen LogP contribution is -2.40. The zero-order chi connectivity index (χ0) is 26.4. The first-order chi connectivity index (χ1) is 17.7. The first kappa shape index (κ1) is 26.9. The molecule has 1 aliphatic rings. The van der Waals surface area contributed by atoms with E-state index in [1.807, 2.05) is 66.4 Å². The van der Waals surface area contributed by atoms with Gasteiger partial charge in [-0.25, -0.2) is 17.2 Å². The average molecular weight is 527 g/mol. The van der Waals surface area contributed by atoms with Gasteiger partial charge in [-0.05, 0) is 61.8 Å². The van der Waals surface area contributed by atoms with Crippen LogP contribution in [0.3, 0.4) is 0 Å². The third kappa shape index (κ3) is 7.02. The number of hydrogen-bond donors (Lipinski definition) is 0. The molecular formula is C29H32F2N2O3S. The Morgan fingerprint density at radius 3 is 2.03 bits per heavy atom. The number of aryl methyl sites for hydroxylation is 1. The molecule has 5 nitrogen and oxygen atoms in total. The maximum atomic E-state index is 13.9. The number of amides is 1. The molecule has 8 heteroatoms. The molecule has 1 saturated carbocycles. The van der Waals surface area contributed by atoms with E-state index in [0.717, 1.165) is 60.9 Å². The summed E-state index contributed by atoms with van der Waals surface area (Å²) in [5.74, 6) is -1.79. The number of carbonyl (C=O) groups excluding carboxylic acids is 1. The van der Waals surface area contributed by atoms with Gasteiger partial charge in [0, 0.05) is 31.7 Å². The maximum absolute atomic E-state index is 13.9. The molecule has 1 aliphatic carbocycles. The molecule has 0 radical (unpaired) electrons. The summed E-state index contributed by atoms with van der Waals surface area (Å²) in [4.78, 5) is 13.3. The van der Waals surface area contributed by atoms with Crippen LogP contribution in [0.4, 0.5) is 8.78 Å². The lowest BCUT2D eigenvalue weighted by Gasteiger charge is -2.36. The fourth-order valence-electron chi connectivity index (χ4n) is 4.97. The molecule has 0 unspecified atom stereocenters. The van der Waals surface area contributed by atoms with E-state index in [4.69, 9.17) is 0 Å². The zero-order valence-corrected chi connectivity index (χ0v) is 21.7. The Labute approximate surface area is 217 Å². The number of rotatable bonds is 10. The molecule has 0 heterocycles. The fraction of sp³-hybridized carbons (Fsp3) is 0.345. The minimum Gasteiger partial charge on any atom is -0.338 e. The van der Waals surface area contributed by atoms with Crippen LogP contribution in [0.25, 0.3) is 0 Å². The lowest BCUT2D eigenvalue weighted by molar-refractivity contribution is -0.121. The Kier molecular flexibility index (Phi) is 8.71. The standard InChI is InChI=1S/C29H32F2N2O3S/c1-22-7-9-24(10-8-22)18-32(21-34)28-13-11-25(12-14-28)20-33(19-23-5-3-2-4-6-23)37(35,36)29-16-26(30)15-27(31)17-29/h2-10,15-17,21,25,28H,11-14,18-20H2,1H3. The SMILES string of the molecule is Cc1ccc(CN(C=O)C2CCC(CN(Cc3ccccc3)S(=O)(=O)c3cc(F)cc(F)c3)CC2)cc1. The Bertz CT molecular complexity index is 1270. The van der Waals surface area contributed by atoms with Gasteiger partial charge in [0.25, 0.3) is 0 Å². The minimum atomic E-state index is -4.14. The highest BCUT2D eigenvalue weighted by molar-refractivity contribution is 7.89. The first-order valence-electron chi connectivity index (χ1n) is 12.5. The van der Waals surface area contributed by atoms with Crippen LogP contribution < -0.4 is 0 Å². The quantitative estimate of drug-likeness (QED) is 0.319. The molecule has 0 aliphatic heterocycles. The minimum absolute atomic E-state index is 0.0704. The smallest absolute Gasteiger partial charge is 0.243 e. The summed E-state index contributed by atoms with van der Waals surface area (Å²) in [5.41, 5.74) is 3.03. The van der Waals surface area contributed by atoms with Crippen LogP contribution in [0.15, 0.2) is 77.7 Å². The fourth-order valence-corrected chi connectivity index (χ4v) is 6.51. The highest BCUT2D eigenvalue weighted by atomic mass is 32.2. The van der Waals surface area contributed by atoms with Crippen LogP contribution in [0.1, 0.15) is 42.4 Å². The Morgan fingerprint density at radius 1 is 0.838 bits per heavy atom. The van der Waals surface area contributed by atoms with Gasteiger partial charge in [0.05, 0.1) is 4.90 Å². The average Bonchev–Trinajstić information content (AvgIpc) is 2.88. The summed E-state index contributed by atoms with van der Waals surface area (Å²) >= 11 is 0. The molecular weight excluding hydrogens is 494 g/mol. The Hall–Kier alpha value is -3.10. The van der Waals surface area contributed by atoms with Gasteiger partial charge in [0.15, 0.2) is 0 Å². The number of sulfonamides is 1.